The SMILES string of the molecule is COC(=O)C1CC1C(=O)c1csc(Cl)c1. The molecule has 1 aliphatic rings. The van der Waals surface area contributed by atoms with Crippen molar-refractivity contribution in [3.8, 4) is 0 Å². The van der Waals surface area contributed by atoms with E-state index in [1.807, 2.05) is 0 Å². The van der Waals surface area contributed by atoms with Crippen molar-refractivity contribution in [1.82, 2.24) is 0 Å². The van der Waals surface area contributed by atoms with E-state index in [4.69, 9.17) is 11.6 Å². The van der Waals surface area contributed by atoms with Gasteiger partial charge in [0.2, 0.25) is 0 Å². The molecule has 1 aromatic rings. The Balaban J connectivity index is 2.03. The molecule has 1 saturated carbocycles. The Hall–Kier alpha value is -0.870. The summed E-state index contributed by atoms with van der Waals surface area (Å²) in [5.74, 6) is -0.757. The van der Waals surface area contributed by atoms with Crippen LogP contribution in [-0.4, -0.2) is 18.9 Å². The largest absolute Gasteiger partial charge is 0.469 e. The van der Waals surface area contributed by atoms with Gasteiger partial charge < -0.3 is 4.74 Å². The van der Waals surface area contributed by atoms with Crippen LogP contribution in [-0.2, 0) is 9.53 Å². The van der Waals surface area contributed by atoms with Gasteiger partial charge in [0.25, 0.3) is 0 Å². The molecule has 80 valence electrons. The van der Waals surface area contributed by atoms with E-state index < -0.39 is 0 Å². The number of hydrogen-bond acceptors (Lipinski definition) is 4. The number of halogens is 1. The second kappa shape index (κ2) is 3.94. The number of ether oxygens (including phenoxy) is 1. The lowest BCUT2D eigenvalue weighted by Crippen LogP contribution is -2.09. The molecule has 0 bridgehead atoms. The van der Waals surface area contributed by atoms with E-state index in [1.165, 1.54) is 18.4 Å². The fraction of sp³-hybridized carbons (Fsp3) is 0.400. The van der Waals surface area contributed by atoms with Gasteiger partial charge in [-0.15, -0.1) is 11.3 Å². The molecule has 1 fully saturated rings. The van der Waals surface area contributed by atoms with Crippen LogP contribution in [0.4, 0.5) is 0 Å². The van der Waals surface area contributed by atoms with Crippen LogP contribution in [0, 0.1) is 11.8 Å². The lowest BCUT2D eigenvalue weighted by Gasteiger charge is -1.96. The Morgan fingerprint density at radius 1 is 1.53 bits per heavy atom. The minimum atomic E-state index is -0.297. The summed E-state index contributed by atoms with van der Waals surface area (Å²) in [6.07, 6.45) is 0.596. The Labute approximate surface area is 96.0 Å². The Bertz CT molecular complexity index is 413. The predicted molar refractivity (Wildman–Crippen MR) is 57.3 cm³/mol. The van der Waals surface area contributed by atoms with E-state index in [-0.39, 0.29) is 23.6 Å². The summed E-state index contributed by atoms with van der Waals surface area (Å²) < 4.78 is 5.17. The second-order valence-electron chi connectivity index (χ2n) is 3.48. The normalized spacial score (nSPS) is 23.6. The van der Waals surface area contributed by atoms with Gasteiger partial charge in [-0.1, -0.05) is 11.6 Å². The highest BCUT2D eigenvalue weighted by Gasteiger charge is 2.49. The molecule has 5 heteroatoms. The van der Waals surface area contributed by atoms with Crippen LogP contribution >= 0.6 is 22.9 Å². The summed E-state index contributed by atoms with van der Waals surface area (Å²) in [5.41, 5.74) is 0.599. The fourth-order valence-corrected chi connectivity index (χ4v) is 2.42. The highest BCUT2D eigenvalue weighted by atomic mass is 35.5. The predicted octanol–water partition coefficient (Wildman–Crippen LogP) is 2.39. The smallest absolute Gasteiger partial charge is 0.309 e. The maximum absolute atomic E-state index is 11.8. The zero-order valence-electron chi connectivity index (χ0n) is 8.03. The van der Waals surface area contributed by atoms with Gasteiger partial charge in [-0.2, -0.15) is 0 Å². The van der Waals surface area contributed by atoms with Crippen molar-refractivity contribution >= 4 is 34.7 Å². The maximum Gasteiger partial charge on any atom is 0.309 e. The summed E-state index contributed by atoms with van der Waals surface area (Å²) in [5, 5.41) is 1.72. The first kappa shape index (κ1) is 10.6. The summed E-state index contributed by atoms with van der Waals surface area (Å²) in [6, 6.07) is 1.64. The van der Waals surface area contributed by atoms with E-state index in [1.54, 1.807) is 11.4 Å². The average Bonchev–Trinajstić information content (AvgIpc) is 2.92. The van der Waals surface area contributed by atoms with E-state index in [0.29, 0.717) is 16.3 Å². The lowest BCUT2D eigenvalue weighted by atomic mass is 10.1. The zero-order valence-corrected chi connectivity index (χ0v) is 9.60. The van der Waals surface area contributed by atoms with Gasteiger partial charge in [0.15, 0.2) is 5.78 Å². The molecule has 2 unspecified atom stereocenters. The minimum absolute atomic E-state index is 0.00597. The van der Waals surface area contributed by atoms with Gasteiger partial charge in [-0.3, -0.25) is 9.59 Å². The Morgan fingerprint density at radius 3 is 2.80 bits per heavy atom. The summed E-state index contributed by atoms with van der Waals surface area (Å²) in [4.78, 5) is 22.9. The molecular formula is C10H9ClO3S. The topological polar surface area (TPSA) is 43.4 Å². The van der Waals surface area contributed by atoms with Gasteiger partial charge in [0.05, 0.1) is 17.4 Å². The molecule has 15 heavy (non-hydrogen) atoms. The molecule has 1 aromatic heterocycles. The van der Waals surface area contributed by atoms with Crippen molar-refractivity contribution in [3.63, 3.8) is 0 Å². The standard InChI is InChI=1S/C10H9ClO3S/c1-14-10(13)7-3-6(7)9(12)5-2-8(11)15-4-5/h2,4,6-7H,3H2,1H3. The highest BCUT2D eigenvalue weighted by molar-refractivity contribution is 7.14. The first-order valence-corrected chi connectivity index (χ1v) is 5.75. The molecule has 2 atom stereocenters. The quantitative estimate of drug-likeness (QED) is 0.606. The average molecular weight is 245 g/mol. The molecule has 1 heterocycles. The molecule has 0 aliphatic heterocycles. The van der Waals surface area contributed by atoms with Gasteiger partial charge in [0, 0.05) is 16.9 Å². The molecule has 1 aliphatic carbocycles. The van der Waals surface area contributed by atoms with Crippen LogP contribution in [0.2, 0.25) is 4.34 Å². The summed E-state index contributed by atoms with van der Waals surface area (Å²) >= 11 is 7.05. The zero-order chi connectivity index (χ0) is 11.0. The van der Waals surface area contributed by atoms with Crippen LogP contribution in [0.3, 0.4) is 0 Å². The number of esters is 1. The number of rotatable bonds is 3. The number of thiophene rings is 1. The monoisotopic (exact) mass is 244 g/mol. The van der Waals surface area contributed by atoms with Gasteiger partial charge in [0.1, 0.15) is 0 Å². The van der Waals surface area contributed by atoms with Crippen LogP contribution < -0.4 is 0 Å². The van der Waals surface area contributed by atoms with Crippen LogP contribution in [0.5, 0.6) is 0 Å². The first-order chi connectivity index (χ1) is 7.13. The minimum Gasteiger partial charge on any atom is -0.469 e. The number of carbonyl (C=O) groups excluding carboxylic acids is 2. The van der Waals surface area contributed by atoms with Crippen molar-refractivity contribution in [1.29, 1.82) is 0 Å². The molecule has 0 aromatic carbocycles. The van der Waals surface area contributed by atoms with Crippen molar-refractivity contribution in [2.75, 3.05) is 7.11 Å². The summed E-state index contributed by atoms with van der Waals surface area (Å²) in [6.45, 7) is 0. The van der Waals surface area contributed by atoms with Crippen molar-refractivity contribution in [3.05, 3.63) is 21.3 Å². The maximum atomic E-state index is 11.8. The van der Waals surface area contributed by atoms with Crippen molar-refractivity contribution in [2.45, 2.75) is 6.42 Å². The lowest BCUT2D eigenvalue weighted by molar-refractivity contribution is -0.142. The van der Waals surface area contributed by atoms with Gasteiger partial charge in [-0.25, -0.2) is 0 Å². The third kappa shape index (κ3) is 2.06. The third-order valence-electron chi connectivity index (χ3n) is 2.48. The van der Waals surface area contributed by atoms with Gasteiger partial charge >= 0.3 is 5.97 Å². The first-order valence-electron chi connectivity index (χ1n) is 4.49. The molecule has 2 rings (SSSR count). The molecule has 0 spiro atoms. The molecule has 3 nitrogen and oxygen atoms in total. The van der Waals surface area contributed by atoms with E-state index >= 15 is 0 Å². The van der Waals surface area contributed by atoms with Gasteiger partial charge in [-0.05, 0) is 12.5 Å². The van der Waals surface area contributed by atoms with Crippen LogP contribution in [0.15, 0.2) is 11.4 Å². The Morgan fingerprint density at radius 2 is 2.27 bits per heavy atom. The number of hydrogen-bond donors (Lipinski definition) is 0. The number of methoxy groups -OCH3 is 1. The van der Waals surface area contributed by atoms with E-state index in [0.717, 1.165) is 0 Å². The molecule has 0 N–H and O–H groups in total. The molecule has 0 radical (unpaired) electrons. The number of Topliss-reactive ketones (excluding diaryl/α,β-unsaturated/α-hetero) is 1. The van der Waals surface area contributed by atoms with Crippen molar-refractivity contribution in [2.24, 2.45) is 11.8 Å². The molecule has 0 amide bonds. The number of carbonyl (C=O) groups is 2. The number of ketones is 1. The third-order valence-corrected chi connectivity index (χ3v) is 3.57. The van der Waals surface area contributed by atoms with Crippen LogP contribution in [0.25, 0.3) is 0 Å². The second-order valence-corrected chi connectivity index (χ2v) is 5.02. The molecule has 0 saturated heterocycles. The van der Waals surface area contributed by atoms with Crippen LogP contribution in [0.1, 0.15) is 16.8 Å². The summed E-state index contributed by atoms with van der Waals surface area (Å²) in [7, 11) is 1.34. The Kier molecular flexibility index (Phi) is 2.80. The van der Waals surface area contributed by atoms with Crippen molar-refractivity contribution < 1.29 is 14.3 Å². The van der Waals surface area contributed by atoms with E-state index in [2.05, 4.69) is 4.74 Å². The fourth-order valence-electron chi connectivity index (χ4n) is 1.55. The van der Waals surface area contributed by atoms with E-state index in [9.17, 15) is 9.59 Å². The molecular weight excluding hydrogens is 236 g/mol. The highest BCUT2D eigenvalue weighted by Crippen LogP contribution is 2.42.